The molecule has 4 heteroatoms. The number of para-hydroxylation sites is 2. The molecule has 0 atom stereocenters. The highest BCUT2D eigenvalue weighted by Crippen LogP contribution is 2.24. The van der Waals surface area contributed by atoms with E-state index in [1.54, 1.807) is 29.7 Å². The molecule has 2 aromatic carbocycles. The Balaban J connectivity index is 2.43. The largest absolute Gasteiger partial charge is 0.350 e. The van der Waals surface area contributed by atoms with Crippen molar-refractivity contribution in [3.05, 3.63) is 60.7 Å². The molecule has 0 unspecified atom stereocenters. The number of urea groups is 1. The van der Waals surface area contributed by atoms with Crippen molar-refractivity contribution in [3.8, 4) is 0 Å². The van der Waals surface area contributed by atoms with E-state index in [4.69, 9.17) is 5.21 Å². The summed E-state index contributed by atoms with van der Waals surface area (Å²) in [4.78, 5) is 13.1. The average Bonchev–Trinajstić information content (AvgIpc) is 2.41. The van der Waals surface area contributed by atoms with Crippen molar-refractivity contribution in [2.24, 2.45) is 0 Å². The predicted octanol–water partition coefficient (Wildman–Crippen LogP) is 2.92. The maximum Gasteiger partial charge on any atom is 0.350 e. The van der Waals surface area contributed by atoms with Gasteiger partial charge in [0.05, 0.1) is 11.4 Å². The van der Waals surface area contributed by atoms with E-state index in [1.807, 2.05) is 36.4 Å². The lowest BCUT2D eigenvalue weighted by molar-refractivity contribution is 0.168. The number of carbonyl (C=O) groups excluding carboxylic acids is 1. The Bertz CT molecular complexity index is 446. The normalized spacial score (nSPS) is 9.71. The number of hydrogen-bond donors (Lipinski definition) is 2. The number of anilines is 2. The van der Waals surface area contributed by atoms with E-state index in [0.29, 0.717) is 11.4 Å². The highest BCUT2D eigenvalue weighted by molar-refractivity contribution is 5.98. The third kappa shape index (κ3) is 2.43. The van der Waals surface area contributed by atoms with Crippen LogP contribution in [0.4, 0.5) is 16.2 Å². The van der Waals surface area contributed by atoms with E-state index in [0.717, 1.165) is 0 Å². The van der Waals surface area contributed by atoms with Crippen LogP contribution in [0.3, 0.4) is 0 Å². The summed E-state index contributed by atoms with van der Waals surface area (Å²) in [6.07, 6.45) is 0. The molecule has 2 amide bonds. The molecule has 0 aliphatic rings. The van der Waals surface area contributed by atoms with E-state index in [-0.39, 0.29) is 0 Å². The number of rotatable bonds is 2. The zero-order valence-corrected chi connectivity index (χ0v) is 9.08. The first-order chi connectivity index (χ1) is 8.33. The number of benzene rings is 2. The maximum atomic E-state index is 11.7. The molecule has 2 aromatic rings. The summed E-state index contributed by atoms with van der Waals surface area (Å²) < 4.78 is 0. The Labute approximate surface area is 99.1 Å². The van der Waals surface area contributed by atoms with Crippen LogP contribution in [-0.4, -0.2) is 11.2 Å². The van der Waals surface area contributed by atoms with Crippen LogP contribution in [0.2, 0.25) is 0 Å². The lowest BCUT2D eigenvalue weighted by Gasteiger charge is -2.21. The summed E-state index contributed by atoms with van der Waals surface area (Å²) in [5.74, 6) is 0. The first-order valence-electron chi connectivity index (χ1n) is 5.17. The molecule has 0 saturated heterocycles. The van der Waals surface area contributed by atoms with Gasteiger partial charge in [0.25, 0.3) is 0 Å². The number of hydroxylamine groups is 1. The maximum absolute atomic E-state index is 11.7. The molecule has 0 heterocycles. The molecule has 0 radical (unpaired) electrons. The van der Waals surface area contributed by atoms with Gasteiger partial charge in [-0.25, -0.2) is 10.3 Å². The Morgan fingerprint density at radius 2 is 1.29 bits per heavy atom. The summed E-state index contributed by atoms with van der Waals surface area (Å²) in [7, 11) is 0. The molecule has 2 N–H and O–H groups in total. The van der Waals surface area contributed by atoms with Crippen LogP contribution in [0.15, 0.2) is 60.7 Å². The molecule has 0 fully saturated rings. The van der Waals surface area contributed by atoms with Gasteiger partial charge in [0.2, 0.25) is 0 Å². The summed E-state index contributed by atoms with van der Waals surface area (Å²) in [5, 5.41) is 8.79. The topological polar surface area (TPSA) is 52.6 Å². The highest BCUT2D eigenvalue weighted by atomic mass is 16.5. The molecule has 0 saturated carbocycles. The SMILES string of the molecule is O=C(NO)N(c1ccccc1)c1ccccc1. The fourth-order valence-corrected chi connectivity index (χ4v) is 1.59. The number of nitrogens with one attached hydrogen (secondary N) is 1. The summed E-state index contributed by atoms with van der Waals surface area (Å²) in [5.41, 5.74) is 3.02. The van der Waals surface area contributed by atoms with Crippen LogP contribution in [-0.2, 0) is 0 Å². The third-order valence-corrected chi connectivity index (χ3v) is 2.33. The summed E-state index contributed by atoms with van der Waals surface area (Å²) >= 11 is 0. The first kappa shape index (κ1) is 11.2. The highest BCUT2D eigenvalue weighted by Gasteiger charge is 2.16. The lowest BCUT2D eigenvalue weighted by atomic mass is 10.2. The Morgan fingerprint density at radius 1 is 0.882 bits per heavy atom. The predicted molar refractivity (Wildman–Crippen MR) is 65.3 cm³/mol. The van der Waals surface area contributed by atoms with Gasteiger partial charge in [0.1, 0.15) is 0 Å². The summed E-state index contributed by atoms with van der Waals surface area (Å²) in [6.45, 7) is 0. The molecular weight excluding hydrogens is 216 g/mol. The fraction of sp³-hybridized carbons (Fsp3) is 0. The lowest BCUT2D eigenvalue weighted by Crippen LogP contribution is -2.34. The number of carbonyl (C=O) groups is 1. The van der Waals surface area contributed by atoms with Gasteiger partial charge in [-0.1, -0.05) is 36.4 Å². The molecule has 17 heavy (non-hydrogen) atoms. The van der Waals surface area contributed by atoms with Gasteiger partial charge in [-0.05, 0) is 24.3 Å². The molecule has 0 aromatic heterocycles. The molecule has 0 bridgehead atoms. The zero-order chi connectivity index (χ0) is 12.1. The van der Waals surface area contributed by atoms with Crippen LogP contribution in [0.1, 0.15) is 0 Å². The Kier molecular flexibility index (Phi) is 3.37. The van der Waals surface area contributed by atoms with Crippen molar-refractivity contribution in [2.75, 3.05) is 4.90 Å². The minimum atomic E-state index is -0.595. The van der Waals surface area contributed by atoms with E-state index >= 15 is 0 Å². The number of amides is 2. The third-order valence-electron chi connectivity index (χ3n) is 2.33. The van der Waals surface area contributed by atoms with E-state index in [9.17, 15) is 4.79 Å². The van der Waals surface area contributed by atoms with E-state index < -0.39 is 6.03 Å². The first-order valence-corrected chi connectivity index (χ1v) is 5.17. The minimum absolute atomic E-state index is 0.595. The van der Waals surface area contributed by atoms with Gasteiger partial charge in [0.15, 0.2) is 0 Å². The van der Waals surface area contributed by atoms with Crippen LogP contribution in [0, 0.1) is 0 Å². The number of nitrogens with zero attached hydrogens (tertiary/aromatic N) is 1. The van der Waals surface area contributed by atoms with Crippen molar-refractivity contribution in [1.82, 2.24) is 5.48 Å². The molecule has 4 nitrogen and oxygen atoms in total. The van der Waals surface area contributed by atoms with Crippen molar-refractivity contribution in [3.63, 3.8) is 0 Å². The molecular formula is C13H12N2O2. The van der Waals surface area contributed by atoms with Gasteiger partial charge in [-0.3, -0.25) is 10.1 Å². The average molecular weight is 228 g/mol. The van der Waals surface area contributed by atoms with Crippen LogP contribution < -0.4 is 10.4 Å². The van der Waals surface area contributed by atoms with Gasteiger partial charge in [-0.2, -0.15) is 0 Å². The van der Waals surface area contributed by atoms with Gasteiger partial charge < -0.3 is 0 Å². The standard InChI is InChI=1S/C13H12N2O2/c16-13(14-17)15(11-7-3-1-4-8-11)12-9-5-2-6-10-12/h1-10,17H,(H,14,16). The van der Waals surface area contributed by atoms with Crippen molar-refractivity contribution >= 4 is 17.4 Å². The minimum Gasteiger partial charge on any atom is -0.287 e. The molecule has 2 rings (SSSR count). The van der Waals surface area contributed by atoms with Crippen LogP contribution in [0.25, 0.3) is 0 Å². The van der Waals surface area contributed by atoms with Gasteiger partial charge in [0, 0.05) is 0 Å². The second kappa shape index (κ2) is 5.14. The van der Waals surface area contributed by atoms with Crippen molar-refractivity contribution in [2.45, 2.75) is 0 Å². The molecule has 0 spiro atoms. The fourth-order valence-electron chi connectivity index (χ4n) is 1.59. The molecule has 0 aliphatic carbocycles. The Hall–Kier alpha value is -2.33. The molecule has 86 valence electrons. The van der Waals surface area contributed by atoms with E-state index in [1.165, 1.54) is 4.90 Å². The zero-order valence-electron chi connectivity index (χ0n) is 9.08. The summed E-state index contributed by atoms with van der Waals surface area (Å²) in [6, 6.07) is 17.6. The quantitative estimate of drug-likeness (QED) is 0.613. The van der Waals surface area contributed by atoms with Gasteiger partial charge in [-0.15, -0.1) is 0 Å². The van der Waals surface area contributed by atoms with Crippen molar-refractivity contribution < 1.29 is 10.0 Å². The Morgan fingerprint density at radius 3 is 1.65 bits per heavy atom. The van der Waals surface area contributed by atoms with E-state index in [2.05, 4.69) is 0 Å². The number of hydrogen-bond acceptors (Lipinski definition) is 2. The van der Waals surface area contributed by atoms with Gasteiger partial charge >= 0.3 is 6.03 Å². The van der Waals surface area contributed by atoms with Crippen LogP contribution in [0.5, 0.6) is 0 Å². The molecule has 0 aliphatic heterocycles. The second-order valence-corrected chi connectivity index (χ2v) is 3.42. The van der Waals surface area contributed by atoms with Crippen molar-refractivity contribution in [1.29, 1.82) is 0 Å². The second-order valence-electron chi connectivity index (χ2n) is 3.42. The monoisotopic (exact) mass is 228 g/mol. The smallest absolute Gasteiger partial charge is 0.287 e. The van der Waals surface area contributed by atoms with Crippen LogP contribution >= 0.6 is 0 Å².